The summed E-state index contributed by atoms with van der Waals surface area (Å²) in [5, 5.41) is 3.72. The Morgan fingerprint density at radius 1 is 1.10 bits per heavy atom. The summed E-state index contributed by atoms with van der Waals surface area (Å²) in [6, 6.07) is 11.6. The third-order valence-electron chi connectivity index (χ3n) is 6.89. The summed E-state index contributed by atoms with van der Waals surface area (Å²) >= 11 is 0. The molecule has 1 aromatic rings. The van der Waals surface area contributed by atoms with Crippen LogP contribution in [0, 0.1) is 11.8 Å². The normalized spacial score (nSPS) is 26.0. The summed E-state index contributed by atoms with van der Waals surface area (Å²) in [5.41, 5.74) is 1.48. The molecule has 2 fully saturated rings. The lowest BCUT2D eigenvalue weighted by Gasteiger charge is -2.42. The number of nitrogens with one attached hydrogen (secondary N) is 1. The molecule has 162 valence electrons. The lowest BCUT2D eigenvalue weighted by molar-refractivity contribution is 0.0893. The number of rotatable bonds is 5. The van der Waals surface area contributed by atoms with E-state index in [2.05, 4.69) is 83.2 Å². The number of aliphatic imine (C=N–C) groups is 1. The first-order valence-corrected chi connectivity index (χ1v) is 11.4. The third kappa shape index (κ3) is 5.73. The molecule has 0 amide bonds. The first-order valence-electron chi connectivity index (χ1n) is 11.4. The van der Waals surface area contributed by atoms with E-state index in [1.165, 1.54) is 38.2 Å². The number of hydrogen-bond donors (Lipinski definition) is 1. The minimum atomic E-state index is 0.555. The van der Waals surface area contributed by atoms with E-state index in [0.29, 0.717) is 23.8 Å². The lowest BCUT2D eigenvalue weighted by atomic mass is 9.82. The van der Waals surface area contributed by atoms with Crippen molar-refractivity contribution in [3.8, 4) is 0 Å². The predicted molar refractivity (Wildman–Crippen MR) is 124 cm³/mol. The number of piperazine rings is 1. The fourth-order valence-electron chi connectivity index (χ4n) is 5.00. The maximum Gasteiger partial charge on any atom is 0.193 e. The van der Waals surface area contributed by atoms with Crippen molar-refractivity contribution in [1.82, 2.24) is 20.0 Å². The summed E-state index contributed by atoms with van der Waals surface area (Å²) in [7, 11) is 4.15. The molecule has 0 bridgehead atoms. The molecule has 3 atom stereocenters. The van der Waals surface area contributed by atoms with Crippen LogP contribution in [-0.2, 0) is 0 Å². The molecule has 2 heterocycles. The molecule has 1 N–H and O–H groups in total. The largest absolute Gasteiger partial charge is 0.355 e. The summed E-state index contributed by atoms with van der Waals surface area (Å²) in [5.74, 6) is 2.98. The van der Waals surface area contributed by atoms with Crippen molar-refractivity contribution in [3.63, 3.8) is 0 Å². The van der Waals surface area contributed by atoms with Gasteiger partial charge in [0.2, 0.25) is 0 Å². The van der Waals surface area contributed by atoms with Crippen molar-refractivity contribution < 1.29 is 0 Å². The average Bonchev–Trinajstić information content (AvgIpc) is 2.72. The number of likely N-dealkylation sites (N-methyl/N-ethyl adjacent to an activating group) is 1. The van der Waals surface area contributed by atoms with Crippen LogP contribution >= 0.6 is 0 Å². The number of nitrogens with zero attached hydrogens (tertiary/aromatic N) is 4. The Labute approximate surface area is 178 Å². The molecule has 5 heteroatoms. The summed E-state index contributed by atoms with van der Waals surface area (Å²) in [6.45, 7) is 14.9. The average molecular weight is 400 g/mol. The van der Waals surface area contributed by atoms with Gasteiger partial charge in [-0.1, -0.05) is 51.1 Å². The molecular formula is C24H41N5. The number of benzene rings is 1. The summed E-state index contributed by atoms with van der Waals surface area (Å²) in [4.78, 5) is 12.2. The standard InChI is InChI=1S/C24H41N5/c1-19(2)23(28-15-13-27(5)14-16-28)17-26-24(25-4)29-12-11-22(20(3)18-29)21-9-7-6-8-10-21/h6-10,19-20,22-23H,11-18H2,1-5H3,(H,25,26). The first kappa shape index (κ1) is 22.1. The Balaban J connectivity index is 1.56. The van der Waals surface area contributed by atoms with E-state index in [1.807, 2.05) is 7.05 Å². The van der Waals surface area contributed by atoms with Gasteiger partial charge in [-0.05, 0) is 36.8 Å². The van der Waals surface area contributed by atoms with Crippen molar-refractivity contribution in [2.45, 2.75) is 39.2 Å². The van der Waals surface area contributed by atoms with Crippen LogP contribution in [-0.4, -0.2) is 86.6 Å². The van der Waals surface area contributed by atoms with Gasteiger partial charge in [0, 0.05) is 58.9 Å². The van der Waals surface area contributed by atoms with Gasteiger partial charge in [-0.2, -0.15) is 0 Å². The quantitative estimate of drug-likeness (QED) is 0.610. The molecule has 2 aliphatic heterocycles. The molecule has 0 radical (unpaired) electrons. The highest BCUT2D eigenvalue weighted by Gasteiger charge is 2.30. The molecule has 0 aliphatic carbocycles. The Morgan fingerprint density at radius 2 is 1.79 bits per heavy atom. The SMILES string of the molecule is CN=C(NCC(C(C)C)N1CCN(C)CC1)N1CCC(c2ccccc2)C(C)C1. The van der Waals surface area contributed by atoms with Crippen molar-refractivity contribution in [1.29, 1.82) is 0 Å². The Hall–Kier alpha value is -1.59. The van der Waals surface area contributed by atoms with Crippen molar-refractivity contribution in [3.05, 3.63) is 35.9 Å². The number of likely N-dealkylation sites (tertiary alicyclic amines) is 1. The van der Waals surface area contributed by atoms with E-state index in [0.717, 1.165) is 25.6 Å². The highest BCUT2D eigenvalue weighted by atomic mass is 15.3. The van der Waals surface area contributed by atoms with Gasteiger partial charge < -0.3 is 15.1 Å². The zero-order valence-electron chi connectivity index (χ0n) is 19.1. The molecule has 2 saturated heterocycles. The topological polar surface area (TPSA) is 34.1 Å². The zero-order chi connectivity index (χ0) is 20.8. The number of piperidine rings is 1. The van der Waals surface area contributed by atoms with Crippen LogP contribution in [0.5, 0.6) is 0 Å². The van der Waals surface area contributed by atoms with Gasteiger partial charge in [-0.15, -0.1) is 0 Å². The first-order chi connectivity index (χ1) is 14.0. The highest BCUT2D eigenvalue weighted by Crippen LogP contribution is 2.32. The lowest BCUT2D eigenvalue weighted by Crippen LogP contribution is -2.56. The predicted octanol–water partition coefficient (Wildman–Crippen LogP) is 2.96. The third-order valence-corrected chi connectivity index (χ3v) is 6.89. The van der Waals surface area contributed by atoms with Crippen LogP contribution < -0.4 is 5.32 Å². The smallest absolute Gasteiger partial charge is 0.193 e. The molecule has 0 saturated carbocycles. The molecule has 5 nitrogen and oxygen atoms in total. The van der Waals surface area contributed by atoms with Crippen LogP contribution in [0.25, 0.3) is 0 Å². The van der Waals surface area contributed by atoms with Crippen molar-refractivity contribution in [2.24, 2.45) is 16.8 Å². The van der Waals surface area contributed by atoms with E-state index in [-0.39, 0.29) is 0 Å². The van der Waals surface area contributed by atoms with Gasteiger partial charge in [0.25, 0.3) is 0 Å². The molecule has 0 aromatic heterocycles. The Kier molecular flexibility index (Phi) is 7.96. The monoisotopic (exact) mass is 399 g/mol. The minimum absolute atomic E-state index is 0.555. The van der Waals surface area contributed by atoms with Gasteiger partial charge in [-0.25, -0.2) is 0 Å². The zero-order valence-corrected chi connectivity index (χ0v) is 19.1. The molecule has 0 spiro atoms. The van der Waals surface area contributed by atoms with E-state index in [4.69, 9.17) is 0 Å². The van der Waals surface area contributed by atoms with Crippen LogP contribution in [0.3, 0.4) is 0 Å². The van der Waals surface area contributed by atoms with E-state index >= 15 is 0 Å². The van der Waals surface area contributed by atoms with Crippen LogP contribution in [0.4, 0.5) is 0 Å². The maximum absolute atomic E-state index is 4.64. The van der Waals surface area contributed by atoms with Gasteiger partial charge in [0.1, 0.15) is 0 Å². The van der Waals surface area contributed by atoms with Gasteiger partial charge in [0.15, 0.2) is 5.96 Å². The van der Waals surface area contributed by atoms with Gasteiger partial charge in [0.05, 0.1) is 0 Å². The number of hydrogen-bond acceptors (Lipinski definition) is 3. The van der Waals surface area contributed by atoms with Gasteiger partial charge >= 0.3 is 0 Å². The van der Waals surface area contributed by atoms with Gasteiger partial charge in [-0.3, -0.25) is 9.89 Å². The summed E-state index contributed by atoms with van der Waals surface area (Å²) < 4.78 is 0. The van der Waals surface area contributed by atoms with E-state index in [1.54, 1.807) is 0 Å². The second-order valence-electron chi connectivity index (χ2n) is 9.31. The molecular weight excluding hydrogens is 358 g/mol. The molecule has 29 heavy (non-hydrogen) atoms. The fourth-order valence-corrected chi connectivity index (χ4v) is 5.00. The van der Waals surface area contributed by atoms with Crippen molar-refractivity contribution in [2.75, 3.05) is 59.9 Å². The Morgan fingerprint density at radius 3 is 2.38 bits per heavy atom. The molecule has 1 aromatic carbocycles. The molecule has 3 rings (SSSR count). The highest BCUT2D eigenvalue weighted by molar-refractivity contribution is 5.80. The van der Waals surface area contributed by atoms with Crippen LogP contribution in [0.2, 0.25) is 0 Å². The second kappa shape index (κ2) is 10.4. The molecule has 3 unspecified atom stereocenters. The number of guanidine groups is 1. The second-order valence-corrected chi connectivity index (χ2v) is 9.31. The van der Waals surface area contributed by atoms with Crippen molar-refractivity contribution >= 4 is 5.96 Å². The van der Waals surface area contributed by atoms with E-state index < -0.39 is 0 Å². The molecule has 2 aliphatic rings. The Bertz CT molecular complexity index is 636. The van der Waals surface area contributed by atoms with E-state index in [9.17, 15) is 0 Å². The van der Waals surface area contributed by atoms with Crippen LogP contribution in [0.1, 0.15) is 38.7 Å². The minimum Gasteiger partial charge on any atom is -0.355 e. The van der Waals surface area contributed by atoms with Crippen LogP contribution in [0.15, 0.2) is 35.3 Å². The maximum atomic E-state index is 4.64. The summed E-state index contributed by atoms with van der Waals surface area (Å²) in [6.07, 6.45) is 1.19. The fraction of sp³-hybridized carbons (Fsp3) is 0.708.